The molecule has 0 aromatic heterocycles. The molecule has 0 spiro atoms. The zero-order valence-electron chi connectivity index (χ0n) is 13.1. The number of methoxy groups -OCH3 is 1. The van der Waals surface area contributed by atoms with Crippen molar-refractivity contribution in [2.45, 2.75) is 51.4 Å². The molecule has 0 saturated heterocycles. The Bertz CT molecular complexity index is 357. The summed E-state index contributed by atoms with van der Waals surface area (Å²) in [6, 6.07) is -0.312. The van der Waals surface area contributed by atoms with Crippen LogP contribution in [0.4, 0.5) is 13.2 Å². The van der Waals surface area contributed by atoms with Crippen molar-refractivity contribution in [3.8, 4) is 0 Å². The molecule has 0 aliphatic heterocycles. The van der Waals surface area contributed by atoms with E-state index < -0.39 is 24.2 Å². The molecule has 1 unspecified atom stereocenters. The molecule has 1 aliphatic rings. The van der Waals surface area contributed by atoms with E-state index >= 15 is 0 Å². The van der Waals surface area contributed by atoms with Crippen LogP contribution in [0.25, 0.3) is 0 Å². The molecular weight excluding hydrogens is 285 g/mol. The molecule has 7 heteroatoms. The molecule has 1 aliphatic carbocycles. The van der Waals surface area contributed by atoms with E-state index in [0.29, 0.717) is 6.54 Å². The fourth-order valence-corrected chi connectivity index (χ4v) is 2.68. The van der Waals surface area contributed by atoms with Crippen LogP contribution < -0.4 is 5.32 Å². The molecule has 1 N–H and O–H groups in total. The number of nitrogens with one attached hydrogen (secondary N) is 1. The molecule has 0 radical (unpaired) electrons. The van der Waals surface area contributed by atoms with Crippen LogP contribution in [0, 0.1) is 5.92 Å². The van der Waals surface area contributed by atoms with Gasteiger partial charge in [0.15, 0.2) is 0 Å². The molecule has 4 nitrogen and oxygen atoms in total. The Morgan fingerprint density at radius 3 is 2.24 bits per heavy atom. The first-order valence-electron chi connectivity index (χ1n) is 7.30. The fourth-order valence-electron chi connectivity index (χ4n) is 2.68. The summed E-state index contributed by atoms with van der Waals surface area (Å²) < 4.78 is 43.1. The molecule has 1 saturated carbocycles. The van der Waals surface area contributed by atoms with Gasteiger partial charge >= 0.3 is 12.1 Å². The number of hydrogen-bond acceptors (Lipinski definition) is 4. The van der Waals surface area contributed by atoms with Gasteiger partial charge in [0.05, 0.1) is 13.7 Å². The number of esters is 1. The Balaban J connectivity index is 2.98. The van der Waals surface area contributed by atoms with Crippen molar-refractivity contribution in [1.29, 1.82) is 0 Å². The van der Waals surface area contributed by atoms with Gasteiger partial charge in [-0.1, -0.05) is 6.92 Å². The number of hydrogen-bond donors (Lipinski definition) is 1. The number of nitrogens with zero attached hydrogens (tertiary/aromatic N) is 1. The first-order valence-corrected chi connectivity index (χ1v) is 7.30. The second-order valence-corrected chi connectivity index (χ2v) is 5.88. The summed E-state index contributed by atoms with van der Waals surface area (Å²) in [5.74, 6) is -0.431. The first kappa shape index (κ1) is 18.2. The van der Waals surface area contributed by atoms with E-state index in [9.17, 15) is 18.0 Å². The van der Waals surface area contributed by atoms with Gasteiger partial charge in [-0.2, -0.15) is 13.2 Å². The smallest absolute Gasteiger partial charge is 0.401 e. The van der Waals surface area contributed by atoms with E-state index in [1.807, 2.05) is 6.92 Å². The molecule has 1 fully saturated rings. The molecule has 0 bridgehead atoms. The maximum atomic E-state index is 12.7. The van der Waals surface area contributed by atoms with Gasteiger partial charge in [0.2, 0.25) is 0 Å². The lowest BCUT2D eigenvalue weighted by molar-refractivity contribution is -0.162. The fraction of sp³-hybridized carbons (Fsp3) is 0.929. The van der Waals surface area contributed by atoms with Crippen molar-refractivity contribution in [2.24, 2.45) is 5.92 Å². The van der Waals surface area contributed by atoms with E-state index in [-0.39, 0.29) is 18.5 Å². The second kappa shape index (κ2) is 6.96. The van der Waals surface area contributed by atoms with E-state index in [4.69, 9.17) is 4.74 Å². The van der Waals surface area contributed by atoms with Crippen LogP contribution in [0.1, 0.15) is 33.6 Å². The molecule has 0 amide bonds. The van der Waals surface area contributed by atoms with Gasteiger partial charge in [-0.15, -0.1) is 0 Å². The van der Waals surface area contributed by atoms with E-state index in [0.717, 1.165) is 12.8 Å². The van der Waals surface area contributed by atoms with Crippen LogP contribution in [0.2, 0.25) is 0 Å². The normalized spacial score (nSPS) is 18.9. The number of carbonyl (C=O) groups is 1. The van der Waals surface area contributed by atoms with Gasteiger partial charge < -0.3 is 10.1 Å². The summed E-state index contributed by atoms with van der Waals surface area (Å²) in [7, 11) is 1.28. The lowest BCUT2D eigenvalue weighted by Crippen LogP contribution is -2.62. The summed E-state index contributed by atoms with van der Waals surface area (Å²) in [4.78, 5) is 13.5. The molecule has 1 atom stereocenters. The predicted octanol–water partition coefficient (Wildman–Crippen LogP) is 2.19. The quantitative estimate of drug-likeness (QED) is 0.698. The average molecular weight is 310 g/mol. The van der Waals surface area contributed by atoms with E-state index in [2.05, 4.69) is 5.32 Å². The Morgan fingerprint density at radius 2 is 1.90 bits per heavy atom. The van der Waals surface area contributed by atoms with Crippen LogP contribution in [-0.4, -0.2) is 55.4 Å². The van der Waals surface area contributed by atoms with Gasteiger partial charge in [-0.05, 0) is 39.2 Å². The van der Waals surface area contributed by atoms with Crippen molar-refractivity contribution in [3.05, 3.63) is 0 Å². The van der Waals surface area contributed by atoms with Crippen LogP contribution >= 0.6 is 0 Å². The highest BCUT2D eigenvalue weighted by molar-refractivity contribution is 5.82. The SMILES string of the molecule is CCNC(CN(CC(F)(F)F)C(C)C)(C(=O)OC)C1CC1. The highest BCUT2D eigenvalue weighted by atomic mass is 19.4. The zero-order chi connectivity index (χ0) is 16.3. The average Bonchev–Trinajstić information content (AvgIpc) is 3.18. The van der Waals surface area contributed by atoms with Gasteiger partial charge in [0.1, 0.15) is 5.54 Å². The highest BCUT2D eigenvalue weighted by Crippen LogP contribution is 2.41. The van der Waals surface area contributed by atoms with E-state index in [1.165, 1.54) is 12.0 Å². The van der Waals surface area contributed by atoms with Crippen molar-refractivity contribution in [1.82, 2.24) is 10.2 Å². The summed E-state index contributed by atoms with van der Waals surface area (Å²) in [6.45, 7) is 4.73. The van der Waals surface area contributed by atoms with Crippen LogP contribution in [0.3, 0.4) is 0 Å². The first-order chi connectivity index (χ1) is 9.66. The Hall–Kier alpha value is -0.820. The number of halogens is 3. The lowest BCUT2D eigenvalue weighted by Gasteiger charge is -2.39. The molecule has 0 aromatic rings. The van der Waals surface area contributed by atoms with Crippen molar-refractivity contribution in [3.63, 3.8) is 0 Å². The number of ether oxygens (including phenoxy) is 1. The van der Waals surface area contributed by atoms with Gasteiger partial charge in [-0.3, -0.25) is 4.90 Å². The molecule has 1 rings (SSSR count). The minimum Gasteiger partial charge on any atom is -0.468 e. The standard InChI is InChI=1S/C14H25F3N2O2/c1-5-18-13(11-6-7-11,12(20)21-4)8-19(10(2)3)9-14(15,16)17/h10-11,18H,5-9H2,1-4H3. The lowest BCUT2D eigenvalue weighted by atomic mass is 9.91. The highest BCUT2D eigenvalue weighted by Gasteiger charge is 2.53. The van der Waals surface area contributed by atoms with E-state index in [1.54, 1.807) is 13.8 Å². The second-order valence-electron chi connectivity index (χ2n) is 5.88. The molecule has 0 heterocycles. The summed E-state index contributed by atoms with van der Waals surface area (Å²) >= 11 is 0. The molecular formula is C14H25F3N2O2. The van der Waals surface area contributed by atoms with Crippen molar-refractivity contribution in [2.75, 3.05) is 26.7 Å². The Labute approximate surface area is 124 Å². The van der Waals surface area contributed by atoms with Gasteiger partial charge in [0.25, 0.3) is 0 Å². The summed E-state index contributed by atoms with van der Waals surface area (Å²) in [6.07, 6.45) is -2.62. The van der Waals surface area contributed by atoms with Crippen LogP contribution in [0.15, 0.2) is 0 Å². The third-order valence-electron chi connectivity index (χ3n) is 3.88. The van der Waals surface area contributed by atoms with Crippen LogP contribution in [0.5, 0.6) is 0 Å². The largest absolute Gasteiger partial charge is 0.468 e. The number of rotatable bonds is 8. The van der Waals surface area contributed by atoms with Crippen LogP contribution in [-0.2, 0) is 9.53 Å². The predicted molar refractivity (Wildman–Crippen MR) is 73.9 cm³/mol. The number of carbonyl (C=O) groups excluding carboxylic acids is 1. The monoisotopic (exact) mass is 310 g/mol. The molecule has 124 valence electrons. The summed E-state index contributed by atoms with van der Waals surface area (Å²) in [5.41, 5.74) is -1.04. The molecule has 0 aromatic carbocycles. The summed E-state index contributed by atoms with van der Waals surface area (Å²) in [5, 5.41) is 3.10. The molecule has 21 heavy (non-hydrogen) atoms. The minimum atomic E-state index is -4.29. The van der Waals surface area contributed by atoms with Crippen molar-refractivity contribution < 1.29 is 22.7 Å². The number of likely N-dealkylation sites (N-methyl/N-ethyl adjacent to an activating group) is 1. The topological polar surface area (TPSA) is 41.6 Å². The number of alkyl halides is 3. The van der Waals surface area contributed by atoms with Crippen molar-refractivity contribution >= 4 is 5.97 Å². The zero-order valence-corrected chi connectivity index (χ0v) is 13.1. The third-order valence-corrected chi connectivity index (χ3v) is 3.88. The maximum absolute atomic E-state index is 12.7. The Morgan fingerprint density at radius 1 is 1.33 bits per heavy atom. The third kappa shape index (κ3) is 4.85. The minimum absolute atomic E-state index is 0.00928. The van der Waals surface area contributed by atoms with Gasteiger partial charge in [0, 0.05) is 12.6 Å². The maximum Gasteiger partial charge on any atom is 0.401 e. The van der Waals surface area contributed by atoms with Gasteiger partial charge in [-0.25, -0.2) is 4.79 Å². The Kier molecular flexibility index (Phi) is 6.04.